The maximum Gasteiger partial charge on any atom is 0.280 e. The van der Waals surface area contributed by atoms with Gasteiger partial charge < -0.3 is 20.7 Å². The molecule has 0 aliphatic carbocycles. The van der Waals surface area contributed by atoms with E-state index in [2.05, 4.69) is 15.0 Å². The van der Waals surface area contributed by atoms with Crippen LogP contribution in [0.25, 0.3) is 11.2 Å². The maximum atomic E-state index is 11.8. The molecule has 2 aromatic heterocycles. The summed E-state index contributed by atoms with van der Waals surface area (Å²) < 4.78 is 7.24. The highest BCUT2D eigenvalue weighted by Crippen LogP contribution is 2.37. The Labute approximate surface area is 125 Å². The summed E-state index contributed by atoms with van der Waals surface area (Å²) in [6.45, 7) is 1.82. The fourth-order valence-electron chi connectivity index (χ4n) is 3.02. The van der Waals surface area contributed by atoms with E-state index in [1.807, 2.05) is 6.92 Å². The van der Waals surface area contributed by atoms with Crippen LogP contribution in [0.4, 0.5) is 5.95 Å². The molecule has 2 aromatic rings. The van der Waals surface area contributed by atoms with Crippen molar-refractivity contribution in [3.63, 3.8) is 0 Å². The number of nitrogens with one attached hydrogen (secondary N) is 1. The average molecular weight is 309 g/mol. The van der Waals surface area contributed by atoms with E-state index in [-0.39, 0.29) is 29.6 Å². The number of anilines is 1. The van der Waals surface area contributed by atoms with Crippen LogP contribution in [0.3, 0.4) is 0 Å². The van der Waals surface area contributed by atoms with Gasteiger partial charge in [0.25, 0.3) is 5.56 Å². The molecule has 0 amide bonds. The fraction of sp³-hybridized carbons (Fsp3) is 0.615. The van der Waals surface area contributed by atoms with Crippen LogP contribution < -0.4 is 11.3 Å². The molecule has 1 saturated heterocycles. The molecule has 0 unspecified atom stereocenters. The Bertz CT molecular complexity index is 727. The number of aromatic amines is 1. The van der Waals surface area contributed by atoms with Crippen molar-refractivity contribution in [2.45, 2.75) is 38.2 Å². The highest BCUT2D eigenvalue weighted by atomic mass is 16.5. The van der Waals surface area contributed by atoms with E-state index >= 15 is 0 Å². The lowest BCUT2D eigenvalue weighted by Gasteiger charge is -2.18. The van der Waals surface area contributed by atoms with Gasteiger partial charge in [-0.25, -0.2) is 4.98 Å². The van der Waals surface area contributed by atoms with Crippen LogP contribution in [0.5, 0.6) is 0 Å². The van der Waals surface area contributed by atoms with Gasteiger partial charge in [-0.3, -0.25) is 14.3 Å². The van der Waals surface area contributed by atoms with Gasteiger partial charge in [0, 0.05) is 5.92 Å². The SMILES string of the molecule is CCC[C@H]1[C@@H](O)[C@H](n2cnc3c(=O)[nH]c(N)nc32)O[C@@H]1CO. The van der Waals surface area contributed by atoms with Crippen LogP contribution >= 0.6 is 0 Å². The van der Waals surface area contributed by atoms with Gasteiger partial charge in [0.05, 0.1) is 19.0 Å². The molecule has 4 atom stereocenters. The minimum Gasteiger partial charge on any atom is -0.394 e. The normalized spacial score (nSPS) is 28.5. The molecule has 9 nitrogen and oxygen atoms in total. The summed E-state index contributed by atoms with van der Waals surface area (Å²) in [5, 5.41) is 20.0. The molecule has 22 heavy (non-hydrogen) atoms. The number of nitrogens with two attached hydrogens (primary N) is 1. The Hall–Kier alpha value is -1.97. The fourth-order valence-corrected chi connectivity index (χ4v) is 3.02. The maximum absolute atomic E-state index is 11.8. The molecular weight excluding hydrogens is 290 g/mol. The third kappa shape index (κ3) is 2.27. The average Bonchev–Trinajstić information content (AvgIpc) is 3.02. The van der Waals surface area contributed by atoms with Gasteiger partial charge >= 0.3 is 0 Å². The summed E-state index contributed by atoms with van der Waals surface area (Å²) in [5.74, 6) is -0.215. The molecule has 0 bridgehead atoms. The van der Waals surface area contributed by atoms with Gasteiger partial charge in [0.15, 0.2) is 17.4 Å². The zero-order chi connectivity index (χ0) is 15.9. The standard InChI is InChI=1S/C13H19N5O4/c1-2-3-6-7(4-19)22-12(9(6)20)18-5-15-8-10(18)16-13(14)17-11(8)21/h5-7,9,12,19-20H,2-4H2,1H3,(H3,14,16,17,21)/t6-,7-,9-,12-/m1/s1. The number of ether oxygens (including phenoxy) is 1. The summed E-state index contributed by atoms with van der Waals surface area (Å²) in [7, 11) is 0. The number of aliphatic hydroxyl groups excluding tert-OH is 2. The third-order valence-corrected chi connectivity index (χ3v) is 4.05. The number of nitrogens with zero attached hydrogens (tertiary/aromatic N) is 3. The lowest BCUT2D eigenvalue weighted by atomic mass is 9.93. The summed E-state index contributed by atoms with van der Waals surface area (Å²) in [4.78, 5) is 22.2. The van der Waals surface area contributed by atoms with Gasteiger partial charge in [-0.1, -0.05) is 13.3 Å². The van der Waals surface area contributed by atoms with E-state index in [4.69, 9.17) is 10.5 Å². The number of aromatic nitrogens is 4. The van der Waals surface area contributed by atoms with Gasteiger partial charge in [0.1, 0.15) is 6.10 Å². The van der Waals surface area contributed by atoms with Gasteiger partial charge in [-0.15, -0.1) is 0 Å². The molecule has 1 aliphatic heterocycles. The molecule has 9 heteroatoms. The van der Waals surface area contributed by atoms with Crippen LogP contribution in [0.1, 0.15) is 26.0 Å². The Kier molecular flexibility index (Phi) is 3.85. The number of hydrogen-bond acceptors (Lipinski definition) is 7. The Balaban J connectivity index is 2.03. The summed E-state index contributed by atoms with van der Waals surface area (Å²) in [6.07, 6.45) is 0.944. The van der Waals surface area contributed by atoms with Crippen LogP contribution in [-0.2, 0) is 4.74 Å². The van der Waals surface area contributed by atoms with Crippen molar-refractivity contribution in [2.75, 3.05) is 12.3 Å². The van der Waals surface area contributed by atoms with Crippen molar-refractivity contribution in [1.82, 2.24) is 19.5 Å². The molecule has 1 fully saturated rings. The quantitative estimate of drug-likeness (QED) is 0.589. The Morgan fingerprint density at radius 1 is 1.55 bits per heavy atom. The number of imidazole rings is 1. The second-order valence-corrected chi connectivity index (χ2v) is 5.47. The highest BCUT2D eigenvalue weighted by Gasteiger charge is 2.44. The molecule has 0 aromatic carbocycles. The number of rotatable bonds is 4. The van der Waals surface area contributed by atoms with Crippen molar-refractivity contribution in [3.8, 4) is 0 Å². The minimum absolute atomic E-state index is 0.0319. The first kappa shape index (κ1) is 14.9. The summed E-state index contributed by atoms with van der Waals surface area (Å²) >= 11 is 0. The first-order chi connectivity index (χ1) is 10.6. The predicted molar refractivity (Wildman–Crippen MR) is 78.0 cm³/mol. The second kappa shape index (κ2) is 5.67. The van der Waals surface area contributed by atoms with Gasteiger partial charge in [0.2, 0.25) is 5.95 Å². The van der Waals surface area contributed by atoms with Gasteiger partial charge in [-0.05, 0) is 6.42 Å². The predicted octanol–water partition coefficient (Wildman–Crippen LogP) is -0.631. The molecule has 1 aliphatic rings. The number of nitrogen functional groups attached to an aromatic ring is 1. The van der Waals surface area contributed by atoms with Crippen molar-refractivity contribution in [2.24, 2.45) is 5.92 Å². The number of aliphatic hydroxyl groups is 2. The third-order valence-electron chi connectivity index (χ3n) is 4.05. The number of fused-ring (bicyclic) bond motifs is 1. The van der Waals surface area contributed by atoms with Crippen LogP contribution in [-0.4, -0.2) is 48.5 Å². The summed E-state index contributed by atoms with van der Waals surface area (Å²) in [5.41, 5.74) is 5.50. The van der Waals surface area contributed by atoms with E-state index < -0.39 is 24.0 Å². The van der Waals surface area contributed by atoms with Gasteiger partial charge in [-0.2, -0.15) is 4.98 Å². The molecule has 3 heterocycles. The second-order valence-electron chi connectivity index (χ2n) is 5.47. The topological polar surface area (TPSA) is 139 Å². The van der Waals surface area contributed by atoms with E-state index in [1.165, 1.54) is 10.9 Å². The number of hydrogen-bond donors (Lipinski definition) is 4. The lowest BCUT2D eigenvalue weighted by Crippen LogP contribution is -2.28. The zero-order valence-corrected chi connectivity index (χ0v) is 12.1. The molecular formula is C13H19N5O4. The Morgan fingerprint density at radius 2 is 2.32 bits per heavy atom. The molecule has 5 N–H and O–H groups in total. The largest absolute Gasteiger partial charge is 0.394 e. The van der Waals surface area contributed by atoms with E-state index in [0.717, 1.165) is 12.8 Å². The molecule has 120 valence electrons. The van der Waals surface area contributed by atoms with Crippen molar-refractivity contribution >= 4 is 17.1 Å². The smallest absolute Gasteiger partial charge is 0.280 e. The van der Waals surface area contributed by atoms with Crippen molar-refractivity contribution in [1.29, 1.82) is 0 Å². The van der Waals surface area contributed by atoms with Crippen molar-refractivity contribution < 1.29 is 14.9 Å². The van der Waals surface area contributed by atoms with Crippen LogP contribution in [0, 0.1) is 5.92 Å². The van der Waals surface area contributed by atoms with Crippen LogP contribution in [0.15, 0.2) is 11.1 Å². The minimum atomic E-state index is -0.822. The molecule has 0 saturated carbocycles. The van der Waals surface area contributed by atoms with E-state index in [9.17, 15) is 15.0 Å². The van der Waals surface area contributed by atoms with E-state index in [1.54, 1.807) is 0 Å². The first-order valence-corrected chi connectivity index (χ1v) is 7.23. The first-order valence-electron chi connectivity index (χ1n) is 7.23. The van der Waals surface area contributed by atoms with Crippen molar-refractivity contribution in [3.05, 3.63) is 16.7 Å². The highest BCUT2D eigenvalue weighted by molar-refractivity contribution is 5.70. The molecule has 3 rings (SSSR count). The number of H-pyrrole nitrogens is 1. The molecule has 0 radical (unpaired) electrons. The monoisotopic (exact) mass is 309 g/mol. The van der Waals surface area contributed by atoms with Crippen LogP contribution in [0.2, 0.25) is 0 Å². The summed E-state index contributed by atoms with van der Waals surface area (Å²) in [6, 6.07) is 0. The lowest BCUT2D eigenvalue weighted by molar-refractivity contribution is -0.0493. The molecule has 0 spiro atoms. The van der Waals surface area contributed by atoms with E-state index in [0.29, 0.717) is 0 Å². The zero-order valence-electron chi connectivity index (χ0n) is 12.1. The Morgan fingerprint density at radius 3 is 3.00 bits per heavy atom.